The maximum absolute atomic E-state index is 12.7. The molecule has 66 valence electrons. The van der Waals surface area contributed by atoms with Crippen LogP contribution in [0.15, 0.2) is 18.3 Å². The van der Waals surface area contributed by atoms with Crippen LogP contribution in [0.1, 0.15) is 0 Å². The normalized spacial score (nSPS) is 10.5. The number of aromatic amines is 1. The van der Waals surface area contributed by atoms with Gasteiger partial charge in [-0.3, -0.25) is 10.1 Å². The molecule has 1 N–H and O–H groups in total. The zero-order valence-electron chi connectivity index (χ0n) is 6.32. The van der Waals surface area contributed by atoms with Gasteiger partial charge in [0.25, 0.3) is 5.69 Å². The first kappa shape index (κ1) is 7.66. The summed E-state index contributed by atoms with van der Waals surface area (Å²) in [7, 11) is 0. The number of fused-ring (bicyclic) bond motifs is 1. The molecule has 0 bridgehead atoms. The molecule has 13 heavy (non-hydrogen) atoms. The van der Waals surface area contributed by atoms with Crippen molar-refractivity contribution in [3.63, 3.8) is 0 Å². The lowest BCUT2D eigenvalue weighted by Crippen LogP contribution is -1.92. The minimum absolute atomic E-state index is 0.187. The number of hydrogen-bond donors (Lipinski definition) is 1. The van der Waals surface area contributed by atoms with Crippen LogP contribution >= 0.6 is 0 Å². The Bertz CT molecular complexity index is 480. The average Bonchev–Trinajstić information content (AvgIpc) is 2.49. The van der Waals surface area contributed by atoms with Gasteiger partial charge in [-0.2, -0.15) is 4.39 Å². The fraction of sp³-hybridized carbons (Fsp3) is 0. The highest BCUT2D eigenvalue weighted by Gasteiger charge is 2.15. The second-order valence-corrected chi connectivity index (χ2v) is 2.46. The van der Waals surface area contributed by atoms with Crippen LogP contribution in [0.5, 0.6) is 0 Å². The Hall–Kier alpha value is -1.98. The van der Waals surface area contributed by atoms with Crippen molar-refractivity contribution in [2.24, 2.45) is 0 Å². The molecule has 0 saturated heterocycles. The fourth-order valence-electron chi connectivity index (χ4n) is 1.14. The molecular weight excluding hydrogens is 177 g/mol. The van der Waals surface area contributed by atoms with Crippen LogP contribution in [-0.4, -0.2) is 14.9 Å². The van der Waals surface area contributed by atoms with Gasteiger partial charge in [-0.25, -0.2) is 4.98 Å². The van der Waals surface area contributed by atoms with Gasteiger partial charge in [0, 0.05) is 6.20 Å². The number of nitrogens with zero attached hydrogens (tertiary/aromatic N) is 2. The van der Waals surface area contributed by atoms with E-state index in [2.05, 4.69) is 9.97 Å². The maximum Gasteiger partial charge on any atom is 0.284 e. The molecule has 0 spiro atoms. The first-order chi connectivity index (χ1) is 6.18. The molecule has 2 aromatic heterocycles. The van der Waals surface area contributed by atoms with Gasteiger partial charge in [0.05, 0.1) is 16.4 Å². The Morgan fingerprint density at radius 1 is 1.62 bits per heavy atom. The van der Waals surface area contributed by atoms with Crippen molar-refractivity contribution in [2.75, 3.05) is 0 Å². The molecule has 0 aromatic carbocycles. The summed E-state index contributed by atoms with van der Waals surface area (Å²) in [6, 6.07) is 2.29. The van der Waals surface area contributed by atoms with E-state index >= 15 is 0 Å². The lowest BCUT2D eigenvalue weighted by Gasteiger charge is -1.93. The van der Waals surface area contributed by atoms with Crippen molar-refractivity contribution < 1.29 is 9.31 Å². The first-order valence-corrected chi connectivity index (χ1v) is 3.46. The van der Waals surface area contributed by atoms with Crippen LogP contribution in [0.3, 0.4) is 0 Å². The molecule has 2 heterocycles. The molecule has 0 aliphatic rings. The Labute approximate surface area is 71.4 Å². The van der Waals surface area contributed by atoms with Crippen molar-refractivity contribution in [1.29, 1.82) is 0 Å². The summed E-state index contributed by atoms with van der Waals surface area (Å²) in [5.74, 6) is -0.860. The first-order valence-electron chi connectivity index (χ1n) is 3.46. The minimum Gasteiger partial charge on any atom is -0.346 e. The summed E-state index contributed by atoms with van der Waals surface area (Å²) >= 11 is 0. The molecule has 0 fully saturated rings. The maximum atomic E-state index is 12.7. The number of nitro groups is 1. The van der Waals surface area contributed by atoms with Gasteiger partial charge in [0.2, 0.25) is 5.95 Å². The highest BCUT2D eigenvalue weighted by molar-refractivity contribution is 5.85. The third-order valence-corrected chi connectivity index (χ3v) is 1.67. The minimum atomic E-state index is -0.860. The lowest BCUT2D eigenvalue weighted by molar-refractivity contribution is -0.383. The molecule has 0 unspecified atom stereocenters. The molecule has 0 atom stereocenters. The van der Waals surface area contributed by atoms with Crippen LogP contribution in [0.4, 0.5) is 10.1 Å². The molecule has 0 amide bonds. The van der Waals surface area contributed by atoms with Crippen LogP contribution < -0.4 is 0 Å². The third-order valence-electron chi connectivity index (χ3n) is 1.67. The second kappa shape index (κ2) is 2.51. The second-order valence-electron chi connectivity index (χ2n) is 2.46. The van der Waals surface area contributed by atoms with E-state index in [0.29, 0.717) is 5.39 Å². The SMILES string of the molecule is O=[N+]([O-])c1cc(F)nc2[nH]ccc12. The molecule has 0 radical (unpaired) electrons. The predicted molar refractivity (Wildman–Crippen MR) is 42.7 cm³/mol. The summed E-state index contributed by atoms with van der Waals surface area (Å²) in [5, 5.41) is 10.8. The number of halogens is 1. The van der Waals surface area contributed by atoms with Crippen LogP contribution in [0.2, 0.25) is 0 Å². The van der Waals surface area contributed by atoms with Crippen molar-refractivity contribution in [1.82, 2.24) is 9.97 Å². The van der Waals surface area contributed by atoms with Crippen LogP contribution in [-0.2, 0) is 0 Å². The Balaban J connectivity index is 2.84. The molecule has 2 aromatic rings. The van der Waals surface area contributed by atoms with E-state index in [1.165, 1.54) is 12.3 Å². The number of nitrogens with one attached hydrogen (secondary N) is 1. The van der Waals surface area contributed by atoms with E-state index < -0.39 is 10.9 Å². The van der Waals surface area contributed by atoms with Crippen molar-refractivity contribution in [3.05, 3.63) is 34.4 Å². The topological polar surface area (TPSA) is 71.8 Å². The number of aromatic nitrogens is 2. The van der Waals surface area contributed by atoms with E-state index in [1.807, 2.05) is 0 Å². The molecule has 0 aliphatic carbocycles. The standard InChI is InChI=1S/C7H4FN3O2/c8-6-3-5(11(12)13)4-1-2-9-7(4)10-6/h1-3H,(H,9,10). The Morgan fingerprint density at radius 2 is 2.38 bits per heavy atom. The number of pyridine rings is 1. The Kier molecular flexibility index (Phi) is 1.48. The van der Waals surface area contributed by atoms with Gasteiger partial charge < -0.3 is 4.98 Å². The zero-order chi connectivity index (χ0) is 9.42. The van der Waals surface area contributed by atoms with Gasteiger partial charge >= 0.3 is 0 Å². The third kappa shape index (κ3) is 1.12. The van der Waals surface area contributed by atoms with Gasteiger partial charge in [-0.1, -0.05) is 0 Å². The van der Waals surface area contributed by atoms with Crippen molar-refractivity contribution >= 4 is 16.7 Å². The monoisotopic (exact) mass is 181 g/mol. The molecule has 0 saturated carbocycles. The van der Waals surface area contributed by atoms with Gasteiger partial charge in [-0.15, -0.1) is 0 Å². The zero-order valence-corrected chi connectivity index (χ0v) is 6.32. The van der Waals surface area contributed by atoms with E-state index in [-0.39, 0.29) is 11.3 Å². The number of H-pyrrole nitrogens is 1. The Morgan fingerprint density at radius 3 is 3.08 bits per heavy atom. The smallest absolute Gasteiger partial charge is 0.284 e. The van der Waals surface area contributed by atoms with Gasteiger partial charge in [0.1, 0.15) is 5.65 Å². The summed E-state index contributed by atoms with van der Waals surface area (Å²) in [4.78, 5) is 15.9. The lowest BCUT2D eigenvalue weighted by atomic mass is 10.3. The van der Waals surface area contributed by atoms with E-state index in [4.69, 9.17) is 0 Å². The molecule has 6 heteroatoms. The van der Waals surface area contributed by atoms with Crippen LogP contribution in [0, 0.1) is 16.1 Å². The fourth-order valence-corrected chi connectivity index (χ4v) is 1.14. The van der Waals surface area contributed by atoms with E-state index in [1.54, 1.807) is 0 Å². The van der Waals surface area contributed by atoms with Crippen molar-refractivity contribution in [3.8, 4) is 0 Å². The number of rotatable bonds is 1. The number of hydrogen-bond acceptors (Lipinski definition) is 3. The molecule has 5 nitrogen and oxygen atoms in total. The summed E-state index contributed by atoms with van der Waals surface area (Å²) in [5.41, 5.74) is -0.0875. The summed E-state index contributed by atoms with van der Waals surface area (Å²) in [6.45, 7) is 0. The van der Waals surface area contributed by atoms with Crippen LogP contribution in [0.25, 0.3) is 11.0 Å². The molecule has 2 rings (SSSR count). The summed E-state index contributed by atoms with van der Waals surface area (Å²) < 4.78 is 12.7. The molecule has 0 aliphatic heterocycles. The highest BCUT2D eigenvalue weighted by atomic mass is 19.1. The van der Waals surface area contributed by atoms with E-state index in [0.717, 1.165) is 6.07 Å². The van der Waals surface area contributed by atoms with E-state index in [9.17, 15) is 14.5 Å². The summed E-state index contributed by atoms with van der Waals surface area (Å²) in [6.07, 6.45) is 1.48. The predicted octanol–water partition coefficient (Wildman–Crippen LogP) is 1.61. The average molecular weight is 181 g/mol. The highest BCUT2D eigenvalue weighted by Crippen LogP contribution is 2.23. The van der Waals surface area contributed by atoms with Crippen molar-refractivity contribution in [2.45, 2.75) is 0 Å². The quantitative estimate of drug-likeness (QED) is 0.412. The largest absolute Gasteiger partial charge is 0.346 e. The van der Waals surface area contributed by atoms with Gasteiger partial charge in [-0.05, 0) is 6.07 Å². The van der Waals surface area contributed by atoms with Gasteiger partial charge in [0.15, 0.2) is 0 Å². The molecular formula is C7H4FN3O2.